The average molecular weight is 544 g/mol. The van der Waals surface area contributed by atoms with Gasteiger partial charge in [0, 0.05) is 21.3 Å². The molecule has 1 unspecified atom stereocenters. The smallest absolute Gasteiger partial charge is 0.319 e. The van der Waals surface area contributed by atoms with E-state index in [9.17, 15) is 9.59 Å². The predicted octanol–water partition coefficient (Wildman–Crippen LogP) is 6.47. The highest BCUT2D eigenvalue weighted by Crippen LogP contribution is 2.43. The Kier molecular flexibility index (Phi) is 8.34. The molecule has 1 aromatic heterocycles. The summed E-state index contributed by atoms with van der Waals surface area (Å²) in [4.78, 5) is 25.6. The molecule has 0 saturated heterocycles. The van der Waals surface area contributed by atoms with Gasteiger partial charge in [-0.3, -0.25) is 10.1 Å². The maximum atomic E-state index is 13.0. The van der Waals surface area contributed by atoms with Crippen LogP contribution in [0, 0.1) is 17.3 Å². The first-order chi connectivity index (χ1) is 17.6. The summed E-state index contributed by atoms with van der Waals surface area (Å²) in [5.74, 6) is 0.648. The third-order valence-electron chi connectivity index (χ3n) is 6.98. The van der Waals surface area contributed by atoms with Gasteiger partial charge < -0.3 is 10.6 Å². The number of carbonyl (C=O) groups excluding carboxylic acids is 2. The van der Waals surface area contributed by atoms with Gasteiger partial charge in [-0.05, 0) is 84.0 Å². The Bertz CT molecular complexity index is 1200. The number of hydrogen-bond acceptors (Lipinski definition) is 5. The number of aromatic amines is 1. The molecule has 1 heterocycles. The molecule has 37 heavy (non-hydrogen) atoms. The number of anilines is 2. The molecule has 196 valence electrons. The van der Waals surface area contributed by atoms with Crippen LogP contribution in [0.25, 0.3) is 0 Å². The molecule has 1 fully saturated rings. The molecule has 0 bridgehead atoms. The summed E-state index contributed by atoms with van der Waals surface area (Å²) in [7, 11) is 0. The molecule has 1 aliphatic carbocycles. The second-order valence-corrected chi connectivity index (χ2v) is 11.4. The van der Waals surface area contributed by atoms with Gasteiger partial charge in [-0.15, -0.1) is 5.10 Å². The lowest BCUT2D eigenvalue weighted by molar-refractivity contribution is 0.102. The van der Waals surface area contributed by atoms with E-state index < -0.39 is 0 Å². The summed E-state index contributed by atoms with van der Waals surface area (Å²) in [6.45, 7) is 6.86. The van der Waals surface area contributed by atoms with Crippen molar-refractivity contribution in [2.45, 2.75) is 52.5 Å². The molecule has 1 aliphatic rings. The summed E-state index contributed by atoms with van der Waals surface area (Å²) in [6.07, 6.45) is 4.19. The molecule has 3 aromatic rings. The first-order valence-corrected chi connectivity index (χ1v) is 13.0. The van der Waals surface area contributed by atoms with E-state index in [1.807, 2.05) is 12.1 Å². The van der Waals surface area contributed by atoms with Crippen molar-refractivity contribution >= 4 is 46.8 Å². The fourth-order valence-corrected chi connectivity index (χ4v) is 5.48. The monoisotopic (exact) mass is 543 g/mol. The number of nitrogens with zero attached hydrogens (tertiary/aromatic N) is 3. The van der Waals surface area contributed by atoms with E-state index in [0.717, 1.165) is 31.2 Å². The quantitative estimate of drug-likeness (QED) is 0.283. The van der Waals surface area contributed by atoms with Crippen molar-refractivity contribution in [2.75, 3.05) is 10.6 Å². The van der Waals surface area contributed by atoms with E-state index in [-0.39, 0.29) is 35.3 Å². The first kappa shape index (κ1) is 26.9. The second-order valence-electron chi connectivity index (χ2n) is 10.5. The molecule has 0 radical (unpaired) electrons. The summed E-state index contributed by atoms with van der Waals surface area (Å²) < 4.78 is 0. The predicted molar refractivity (Wildman–Crippen MR) is 145 cm³/mol. The number of nitrogens with one attached hydrogen (secondary N) is 4. The van der Waals surface area contributed by atoms with Crippen molar-refractivity contribution in [1.29, 1.82) is 0 Å². The zero-order valence-corrected chi connectivity index (χ0v) is 22.5. The minimum absolute atomic E-state index is 0.0991. The molecule has 1 saturated carbocycles. The molecule has 9 nitrogen and oxygen atoms in total. The molecule has 4 rings (SSSR count). The fourth-order valence-electron chi connectivity index (χ4n) is 4.96. The molecule has 1 atom stereocenters. The van der Waals surface area contributed by atoms with Crippen LogP contribution in [-0.2, 0) is 0 Å². The Morgan fingerprint density at radius 1 is 0.973 bits per heavy atom. The molecular formula is C26H31Cl2N7O2. The summed E-state index contributed by atoms with van der Waals surface area (Å²) >= 11 is 12.2. The topological polar surface area (TPSA) is 125 Å². The third-order valence-corrected chi connectivity index (χ3v) is 7.41. The zero-order chi connectivity index (χ0) is 26.6. The summed E-state index contributed by atoms with van der Waals surface area (Å²) in [5, 5.41) is 22.7. The van der Waals surface area contributed by atoms with Crippen molar-refractivity contribution in [2.24, 2.45) is 17.3 Å². The van der Waals surface area contributed by atoms with Crippen LogP contribution in [0.2, 0.25) is 10.0 Å². The maximum Gasteiger partial charge on any atom is 0.319 e. The van der Waals surface area contributed by atoms with Crippen molar-refractivity contribution in [3.63, 3.8) is 0 Å². The van der Waals surface area contributed by atoms with Crippen LogP contribution >= 0.6 is 23.2 Å². The number of hydrogen-bond donors (Lipinski definition) is 4. The van der Waals surface area contributed by atoms with E-state index >= 15 is 0 Å². The highest BCUT2D eigenvalue weighted by molar-refractivity contribution is 6.35. The molecule has 0 spiro atoms. The Balaban J connectivity index is 1.51. The van der Waals surface area contributed by atoms with Crippen molar-refractivity contribution in [3.8, 4) is 0 Å². The number of rotatable bonds is 6. The van der Waals surface area contributed by atoms with Gasteiger partial charge in [-0.25, -0.2) is 4.79 Å². The summed E-state index contributed by atoms with van der Waals surface area (Å²) in [5.41, 5.74) is 2.14. The van der Waals surface area contributed by atoms with E-state index in [4.69, 9.17) is 23.2 Å². The Labute approximate surface area is 226 Å². The van der Waals surface area contributed by atoms with E-state index in [1.165, 1.54) is 0 Å². The first-order valence-electron chi connectivity index (χ1n) is 12.3. The number of benzene rings is 2. The molecule has 2 aromatic carbocycles. The maximum absolute atomic E-state index is 13.0. The lowest BCUT2D eigenvalue weighted by atomic mass is 9.68. The van der Waals surface area contributed by atoms with Crippen LogP contribution in [0.4, 0.5) is 16.4 Å². The van der Waals surface area contributed by atoms with Gasteiger partial charge in [0.15, 0.2) is 0 Å². The van der Waals surface area contributed by atoms with Gasteiger partial charge in [-0.2, -0.15) is 5.21 Å². The van der Waals surface area contributed by atoms with Crippen molar-refractivity contribution in [3.05, 3.63) is 63.6 Å². The highest BCUT2D eigenvalue weighted by atomic mass is 35.5. The van der Waals surface area contributed by atoms with Gasteiger partial charge in [0.05, 0.1) is 6.04 Å². The van der Waals surface area contributed by atoms with E-state index in [0.29, 0.717) is 27.2 Å². The second kappa shape index (κ2) is 11.5. The molecular weight excluding hydrogens is 513 g/mol. The minimum Gasteiger partial charge on any atom is -0.331 e. The molecule has 0 aliphatic heterocycles. The standard InChI is InChI=1S/C26H31Cl2N7O2/c1-26(2,3)18-10-8-16(9-11-18)22(30-25(37)29-21-13-19(27)12-20(28)14-21)15-4-6-17(7-5-15)23(36)31-24-32-34-35-33-24/h4-7,12-14,16,18,22H,8-11H2,1-3H3,(H2,29,30,37)(H2,31,32,33,34,35,36). The molecule has 3 amide bonds. The Morgan fingerprint density at radius 3 is 2.19 bits per heavy atom. The number of H-pyrrole nitrogens is 1. The van der Waals surface area contributed by atoms with Gasteiger partial charge in [0.25, 0.3) is 11.9 Å². The number of urea groups is 1. The molecule has 11 heteroatoms. The van der Waals surface area contributed by atoms with E-state index in [1.54, 1.807) is 30.3 Å². The van der Waals surface area contributed by atoms with Gasteiger partial charge in [0.1, 0.15) is 0 Å². The lowest BCUT2D eigenvalue weighted by Gasteiger charge is -2.39. The van der Waals surface area contributed by atoms with Crippen molar-refractivity contribution < 1.29 is 9.59 Å². The van der Waals surface area contributed by atoms with Crippen LogP contribution < -0.4 is 16.0 Å². The number of carbonyl (C=O) groups is 2. The SMILES string of the molecule is CC(C)(C)C1CCC(C(NC(=O)Nc2cc(Cl)cc(Cl)c2)c2ccc(C(=O)Nc3nn[nH]n3)cc2)CC1. The number of aromatic nitrogens is 4. The van der Waals surface area contributed by atoms with Gasteiger partial charge >= 0.3 is 6.03 Å². The van der Waals surface area contributed by atoms with E-state index in [2.05, 4.69) is 57.3 Å². The van der Waals surface area contributed by atoms with Crippen LogP contribution in [-0.4, -0.2) is 32.6 Å². The van der Waals surface area contributed by atoms with Crippen LogP contribution in [0.15, 0.2) is 42.5 Å². The number of halogens is 2. The van der Waals surface area contributed by atoms with Crippen LogP contribution in [0.3, 0.4) is 0 Å². The highest BCUT2D eigenvalue weighted by Gasteiger charge is 2.34. The minimum atomic E-state index is -0.348. The van der Waals surface area contributed by atoms with Gasteiger partial charge in [-0.1, -0.05) is 61.2 Å². The van der Waals surface area contributed by atoms with Crippen molar-refractivity contribution in [1.82, 2.24) is 25.9 Å². The number of amides is 3. The van der Waals surface area contributed by atoms with Gasteiger partial charge in [0.2, 0.25) is 0 Å². The number of tetrazole rings is 1. The lowest BCUT2D eigenvalue weighted by Crippen LogP contribution is -2.38. The summed E-state index contributed by atoms with van der Waals surface area (Å²) in [6, 6.07) is 11.5. The van der Waals surface area contributed by atoms with Crippen LogP contribution in [0.1, 0.15) is 68.4 Å². The molecule has 4 N–H and O–H groups in total. The Morgan fingerprint density at radius 2 is 1.62 bits per heavy atom. The largest absolute Gasteiger partial charge is 0.331 e. The van der Waals surface area contributed by atoms with Crippen LogP contribution in [0.5, 0.6) is 0 Å². The fraction of sp³-hybridized carbons (Fsp3) is 0.423. The Hall–Kier alpha value is -3.17. The normalized spacial score (nSPS) is 18.6. The average Bonchev–Trinajstić information content (AvgIpc) is 3.34. The third kappa shape index (κ3) is 7.20. The zero-order valence-electron chi connectivity index (χ0n) is 21.0.